The zero-order valence-corrected chi connectivity index (χ0v) is 12.9. The van der Waals surface area contributed by atoms with Gasteiger partial charge in [-0.3, -0.25) is 0 Å². The highest BCUT2D eigenvalue weighted by Crippen LogP contribution is 2.35. The van der Waals surface area contributed by atoms with Crippen molar-refractivity contribution < 1.29 is 21.6 Å². The van der Waals surface area contributed by atoms with E-state index in [9.17, 15) is 21.6 Å². The first kappa shape index (κ1) is 16.6. The first-order valence-corrected chi connectivity index (χ1v) is 8.31. The van der Waals surface area contributed by atoms with E-state index in [0.717, 1.165) is 12.1 Å². The van der Waals surface area contributed by atoms with Gasteiger partial charge in [-0.1, -0.05) is 18.5 Å². The van der Waals surface area contributed by atoms with Crippen molar-refractivity contribution in [2.24, 2.45) is 5.92 Å². The molecule has 0 aliphatic carbocycles. The predicted molar refractivity (Wildman–Crippen MR) is 73.6 cm³/mol. The van der Waals surface area contributed by atoms with Crippen LogP contribution in [0.25, 0.3) is 0 Å². The molecule has 0 amide bonds. The van der Waals surface area contributed by atoms with Gasteiger partial charge < -0.3 is 0 Å². The van der Waals surface area contributed by atoms with E-state index in [2.05, 4.69) is 0 Å². The molecule has 0 radical (unpaired) electrons. The summed E-state index contributed by atoms with van der Waals surface area (Å²) in [5.74, 6) is 0.411. The molecular formula is C13H15ClF3NO2S. The largest absolute Gasteiger partial charge is 0.416 e. The van der Waals surface area contributed by atoms with Crippen LogP contribution in [0.4, 0.5) is 13.2 Å². The smallest absolute Gasteiger partial charge is 0.207 e. The number of hydrogen-bond acceptors (Lipinski definition) is 2. The maximum Gasteiger partial charge on any atom is 0.416 e. The summed E-state index contributed by atoms with van der Waals surface area (Å²) < 4.78 is 64.3. The lowest BCUT2D eigenvalue weighted by molar-refractivity contribution is -0.137. The second-order valence-corrected chi connectivity index (χ2v) is 7.54. The summed E-state index contributed by atoms with van der Waals surface area (Å²) >= 11 is 5.81. The van der Waals surface area contributed by atoms with Gasteiger partial charge in [-0.2, -0.15) is 17.5 Å². The van der Waals surface area contributed by atoms with Crippen molar-refractivity contribution in [3.63, 3.8) is 0 Å². The molecule has 1 heterocycles. The molecule has 0 N–H and O–H groups in total. The summed E-state index contributed by atoms with van der Waals surface area (Å²) in [4.78, 5) is -0.478. The van der Waals surface area contributed by atoms with Crippen LogP contribution in [0.15, 0.2) is 23.1 Å². The van der Waals surface area contributed by atoms with Crippen LogP contribution in [0, 0.1) is 5.92 Å². The summed E-state index contributed by atoms with van der Waals surface area (Å²) in [5, 5.41) is -0.193. The van der Waals surface area contributed by atoms with Gasteiger partial charge in [0.1, 0.15) is 4.90 Å². The summed E-state index contributed by atoms with van der Waals surface area (Å²) in [6.45, 7) is 2.62. The average Bonchev–Trinajstić information content (AvgIpc) is 2.38. The highest BCUT2D eigenvalue weighted by Gasteiger charge is 2.35. The molecule has 1 saturated heterocycles. The van der Waals surface area contributed by atoms with E-state index < -0.39 is 26.7 Å². The molecule has 0 atom stereocenters. The van der Waals surface area contributed by atoms with Crippen molar-refractivity contribution in [2.75, 3.05) is 13.1 Å². The Morgan fingerprint density at radius 2 is 1.81 bits per heavy atom. The summed E-state index contributed by atoms with van der Waals surface area (Å²) in [6.07, 6.45) is -3.23. The molecule has 1 fully saturated rings. The van der Waals surface area contributed by atoms with Gasteiger partial charge in [0.15, 0.2) is 0 Å². The summed E-state index contributed by atoms with van der Waals surface area (Å²) in [7, 11) is -4.00. The number of alkyl halides is 3. The van der Waals surface area contributed by atoms with E-state index >= 15 is 0 Å². The van der Waals surface area contributed by atoms with Crippen molar-refractivity contribution in [1.29, 1.82) is 0 Å². The molecular weight excluding hydrogens is 327 g/mol. The molecule has 0 bridgehead atoms. The number of piperidine rings is 1. The van der Waals surface area contributed by atoms with Gasteiger partial charge in [-0.05, 0) is 37.0 Å². The monoisotopic (exact) mass is 341 g/mol. The lowest BCUT2D eigenvalue weighted by Crippen LogP contribution is -2.38. The Hall–Kier alpha value is -0.790. The molecule has 118 valence electrons. The minimum absolute atomic E-state index is 0.193. The molecule has 1 aliphatic heterocycles. The maximum absolute atomic E-state index is 12.7. The van der Waals surface area contributed by atoms with Crippen LogP contribution in [-0.4, -0.2) is 25.8 Å². The summed E-state index contributed by atoms with van der Waals surface area (Å²) in [6, 6.07) is 2.36. The zero-order valence-electron chi connectivity index (χ0n) is 11.3. The molecule has 21 heavy (non-hydrogen) atoms. The van der Waals surface area contributed by atoms with E-state index in [1.54, 1.807) is 0 Å². The number of rotatable bonds is 2. The Kier molecular flexibility index (Phi) is 4.56. The molecule has 8 heteroatoms. The van der Waals surface area contributed by atoms with Gasteiger partial charge in [0.2, 0.25) is 10.0 Å². The Morgan fingerprint density at radius 3 is 2.33 bits per heavy atom. The Labute approximate surface area is 126 Å². The number of halogens is 4. The van der Waals surface area contributed by atoms with Gasteiger partial charge in [0.05, 0.1) is 10.6 Å². The first-order valence-electron chi connectivity index (χ1n) is 6.49. The fourth-order valence-corrected chi connectivity index (χ4v) is 4.21. The van der Waals surface area contributed by atoms with Crippen LogP contribution in [-0.2, 0) is 16.2 Å². The third kappa shape index (κ3) is 3.52. The van der Waals surface area contributed by atoms with Crippen LogP contribution in [0.1, 0.15) is 25.3 Å². The third-order valence-electron chi connectivity index (χ3n) is 3.62. The quantitative estimate of drug-likeness (QED) is 0.821. The lowest BCUT2D eigenvalue weighted by Gasteiger charge is -2.29. The standard InChI is InChI=1S/C13H15ClF3NO2S/c1-9-4-6-18(7-5-9)21(19,20)12-8-10(13(15,16)17)2-3-11(12)14/h2-3,8-9H,4-7H2,1H3. The van der Waals surface area contributed by atoms with Crippen LogP contribution in [0.3, 0.4) is 0 Å². The van der Waals surface area contributed by atoms with Crippen LogP contribution in [0.2, 0.25) is 5.02 Å². The van der Waals surface area contributed by atoms with Gasteiger partial charge in [-0.25, -0.2) is 8.42 Å². The minimum Gasteiger partial charge on any atom is -0.207 e. The van der Waals surface area contributed by atoms with Crippen molar-refractivity contribution in [3.05, 3.63) is 28.8 Å². The molecule has 1 aliphatic rings. The topological polar surface area (TPSA) is 37.4 Å². The second kappa shape index (κ2) is 5.78. The molecule has 0 unspecified atom stereocenters. The number of sulfonamides is 1. The van der Waals surface area contributed by atoms with Crippen molar-refractivity contribution in [3.8, 4) is 0 Å². The number of benzene rings is 1. The lowest BCUT2D eigenvalue weighted by atomic mass is 10.0. The number of hydrogen-bond donors (Lipinski definition) is 0. The fraction of sp³-hybridized carbons (Fsp3) is 0.538. The SMILES string of the molecule is CC1CCN(S(=O)(=O)c2cc(C(F)(F)F)ccc2Cl)CC1. The molecule has 1 aromatic rings. The van der Waals surface area contributed by atoms with E-state index in [-0.39, 0.29) is 5.02 Å². The molecule has 0 spiro atoms. The maximum atomic E-state index is 12.7. The Morgan fingerprint density at radius 1 is 1.24 bits per heavy atom. The highest BCUT2D eigenvalue weighted by molar-refractivity contribution is 7.89. The predicted octanol–water partition coefficient (Wildman–Crippen LogP) is 3.78. The normalized spacial score (nSPS) is 18.9. The van der Waals surface area contributed by atoms with E-state index in [1.807, 2.05) is 6.92 Å². The van der Waals surface area contributed by atoms with E-state index in [0.29, 0.717) is 37.9 Å². The zero-order chi connectivity index (χ0) is 15.8. The molecule has 1 aromatic carbocycles. The number of nitrogens with zero attached hydrogens (tertiary/aromatic N) is 1. The first-order chi connectivity index (χ1) is 9.62. The van der Waals surface area contributed by atoms with Gasteiger partial charge >= 0.3 is 6.18 Å². The van der Waals surface area contributed by atoms with E-state index in [4.69, 9.17) is 11.6 Å². The average molecular weight is 342 g/mol. The minimum atomic E-state index is -4.61. The van der Waals surface area contributed by atoms with Crippen molar-refractivity contribution in [1.82, 2.24) is 4.31 Å². The van der Waals surface area contributed by atoms with Crippen molar-refractivity contribution in [2.45, 2.75) is 30.8 Å². The summed E-state index contributed by atoms with van der Waals surface area (Å²) in [5.41, 5.74) is -1.02. The molecule has 3 nitrogen and oxygen atoms in total. The Bertz CT molecular complexity index is 623. The van der Waals surface area contributed by atoms with Gasteiger partial charge in [-0.15, -0.1) is 0 Å². The van der Waals surface area contributed by atoms with Crippen molar-refractivity contribution >= 4 is 21.6 Å². The van der Waals surface area contributed by atoms with Crippen LogP contribution < -0.4 is 0 Å². The molecule has 0 saturated carbocycles. The van der Waals surface area contributed by atoms with Crippen LogP contribution in [0.5, 0.6) is 0 Å². The van der Waals surface area contributed by atoms with Gasteiger partial charge in [0, 0.05) is 13.1 Å². The second-order valence-electron chi connectivity index (χ2n) is 5.23. The highest BCUT2D eigenvalue weighted by atomic mass is 35.5. The third-order valence-corrected chi connectivity index (χ3v) is 6.00. The molecule has 0 aromatic heterocycles. The Balaban J connectivity index is 2.40. The fourth-order valence-electron chi connectivity index (χ4n) is 2.24. The van der Waals surface area contributed by atoms with Crippen LogP contribution >= 0.6 is 11.6 Å². The van der Waals surface area contributed by atoms with E-state index in [1.165, 1.54) is 4.31 Å². The van der Waals surface area contributed by atoms with Gasteiger partial charge in [0.25, 0.3) is 0 Å². The molecule has 2 rings (SSSR count).